The molecule has 0 radical (unpaired) electrons. The number of rotatable bonds is 10. The van der Waals surface area contributed by atoms with Crippen molar-refractivity contribution in [2.45, 2.75) is 57.8 Å². The lowest BCUT2D eigenvalue weighted by Crippen LogP contribution is -2.10. The van der Waals surface area contributed by atoms with Gasteiger partial charge in [-0.05, 0) is 20.3 Å². The summed E-state index contributed by atoms with van der Waals surface area (Å²) in [7, 11) is -3.29. The fourth-order valence-corrected chi connectivity index (χ4v) is 4.94. The average Bonchev–Trinajstić information content (AvgIpc) is 2.33. The van der Waals surface area contributed by atoms with Crippen molar-refractivity contribution in [3.8, 4) is 0 Å². The van der Waals surface area contributed by atoms with Gasteiger partial charge in [0.2, 0.25) is 0 Å². The third-order valence-electron chi connectivity index (χ3n) is 2.14. The van der Waals surface area contributed by atoms with Crippen molar-refractivity contribution in [1.82, 2.24) is 0 Å². The second-order valence-electron chi connectivity index (χ2n) is 4.27. The van der Waals surface area contributed by atoms with Gasteiger partial charge in [-0.25, -0.2) is 0 Å². The lowest BCUT2D eigenvalue weighted by atomic mass is 10.3. The van der Waals surface area contributed by atoms with Crippen LogP contribution in [0, 0.1) is 0 Å². The SMILES string of the molecule is CCC/C=C(/SC(C)C)C(Cl)P(=O)(OCC)OCC. The van der Waals surface area contributed by atoms with Crippen molar-refractivity contribution in [2.75, 3.05) is 13.2 Å². The van der Waals surface area contributed by atoms with Crippen LogP contribution in [-0.2, 0) is 13.6 Å². The van der Waals surface area contributed by atoms with E-state index in [1.165, 1.54) is 0 Å². The van der Waals surface area contributed by atoms with E-state index in [9.17, 15) is 4.57 Å². The Morgan fingerprint density at radius 3 is 2.16 bits per heavy atom. The number of unbranched alkanes of at least 4 members (excludes halogenated alkanes) is 1. The van der Waals surface area contributed by atoms with Gasteiger partial charge in [-0.1, -0.05) is 33.3 Å². The molecule has 0 spiro atoms. The molecule has 19 heavy (non-hydrogen) atoms. The van der Waals surface area contributed by atoms with Crippen LogP contribution in [0.2, 0.25) is 0 Å². The largest absolute Gasteiger partial charge is 0.353 e. The zero-order valence-corrected chi connectivity index (χ0v) is 15.0. The molecule has 0 bridgehead atoms. The minimum absolute atomic E-state index is 0.327. The Balaban J connectivity index is 5.11. The molecular weight excluding hydrogens is 303 g/mol. The maximum Gasteiger partial charge on any atom is 0.353 e. The van der Waals surface area contributed by atoms with Crippen LogP contribution >= 0.6 is 31.0 Å². The molecule has 0 rings (SSSR count). The van der Waals surface area contributed by atoms with Crippen molar-refractivity contribution in [3.05, 3.63) is 11.0 Å². The van der Waals surface area contributed by atoms with Crippen LogP contribution < -0.4 is 0 Å². The molecule has 6 heteroatoms. The maximum atomic E-state index is 12.7. The third-order valence-corrected chi connectivity index (χ3v) is 6.61. The summed E-state index contributed by atoms with van der Waals surface area (Å²) in [4.78, 5) is 0.892. The van der Waals surface area contributed by atoms with Crippen molar-refractivity contribution in [3.63, 3.8) is 0 Å². The summed E-state index contributed by atoms with van der Waals surface area (Å²) in [5, 5.41) is -0.340. The van der Waals surface area contributed by atoms with Gasteiger partial charge in [0.15, 0.2) is 5.12 Å². The molecule has 0 saturated heterocycles. The Labute approximate surface area is 127 Å². The predicted octanol–water partition coefficient (Wildman–Crippen LogP) is 5.64. The van der Waals surface area contributed by atoms with Crippen molar-refractivity contribution in [2.24, 2.45) is 0 Å². The minimum atomic E-state index is -3.29. The van der Waals surface area contributed by atoms with Crippen LogP contribution in [-0.4, -0.2) is 23.6 Å². The highest BCUT2D eigenvalue weighted by atomic mass is 35.5. The Morgan fingerprint density at radius 1 is 1.26 bits per heavy atom. The van der Waals surface area contributed by atoms with Crippen LogP contribution in [0.1, 0.15) is 47.5 Å². The lowest BCUT2D eigenvalue weighted by molar-refractivity contribution is 0.220. The van der Waals surface area contributed by atoms with Crippen molar-refractivity contribution >= 4 is 31.0 Å². The predicted molar refractivity (Wildman–Crippen MR) is 86.2 cm³/mol. The first-order valence-corrected chi connectivity index (χ1v) is 9.73. The standard InChI is InChI=1S/C13H26ClO3PS/c1-6-9-10-12(19-11(4)5)13(14)18(15,16-7-2)17-8-3/h10-11,13H,6-9H2,1-5H3/b12-10+. The quantitative estimate of drug-likeness (QED) is 0.384. The Bertz CT molecular complexity index is 311. The molecule has 1 atom stereocenters. The summed E-state index contributed by atoms with van der Waals surface area (Å²) in [6.07, 6.45) is 3.99. The number of hydrogen-bond acceptors (Lipinski definition) is 4. The molecule has 0 aromatic carbocycles. The van der Waals surface area contributed by atoms with E-state index in [1.54, 1.807) is 25.6 Å². The summed E-state index contributed by atoms with van der Waals surface area (Å²) in [5.74, 6) is 0. The molecule has 0 fully saturated rings. The molecule has 0 heterocycles. The number of alkyl halides is 1. The molecule has 0 aliphatic heterocycles. The zero-order valence-electron chi connectivity index (χ0n) is 12.5. The molecule has 0 aromatic rings. The smallest absolute Gasteiger partial charge is 0.308 e. The summed E-state index contributed by atoms with van der Waals surface area (Å²) >= 11 is 8.01. The molecule has 0 aromatic heterocycles. The molecule has 114 valence electrons. The number of thioether (sulfide) groups is 1. The van der Waals surface area contributed by atoms with E-state index in [4.69, 9.17) is 20.6 Å². The van der Waals surface area contributed by atoms with Gasteiger partial charge in [0.05, 0.1) is 13.2 Å². The molecule has 0 aliphatic rings. The van der Waals surface area contributed by atoms with E-state index >= 15 is 0 Å². The zero-order chi connectivity index (χ0) is 14.9. The molecule has 0 N–H and O–H groups in total. The molecule has 3 nitrogen and oxygen atoms in total. The second kappa shape index (κ2) is 10.3. The van der Waals surface area contributed by atoms with Gasteiger partial charge < -0.3 is 9.05 Å². The first kappa shape index (κ1) is 19.5. The summed E-state index contributed by atoms with van der Waals surface area (Å²) < 4.78 is 23.3. The highest BCUT2D eigenvalue weighted by Gasteiger charge is 2.37. The van der Waals surface area contributed by atoms with Gasteiger partial charge in [-0.2, -0.15) is 0 Å². The van der Waals surface area contributed by atoms with E-state index < -0.39 is 12.7 Å². The van der Waals surface area contributed by atoms with E-state index in [2.05, 4.69) is 20.8 Å². The Morgan fingerprint density at radius 2 is 1.79 bits per heavy atom. The first-order valence-electron chi connectivity index (χ1n) is 6.80. The second-order valence-corrected chi connectivity index (χ2v) is 8.78. The van der Waals surface area contributed by atoms with Gasteiger partial charge in [0.25, 0.3) is 0 Å². The topological polar surface area (TPSA) is 35.5 Å². The van der Waals surface area contributed by atoms with Crippen LogP contribution in [0.5, 0.6) is 0 Å². The fraction of sp³-hybridized carbons (Fsp3) is 0.846. The van der Waals surface area contributed by atoms with E-state index in [0.717, 1.165) is 17.7 Å². The third kappa shape index (κ3) is 7.19. The van der Waals surface area contributed by atoms with Crippen LogP contribution in [0.4, 0.5) is 0 Å². The lowest BCUT2D eigenvalue weighted by Gasteiger charge is -2.24. The normalized spacial score (nSPS) is 15.0. The van der Waals surface area contributed by atoms with Crippen molar-refractivity contribution < 1.29 is 13.6 Å². The summed E-state index contributed by atoms with van der Waals surface area (Å²) in [5.41, 5.74) is 0. The van der Waals surface area contributed by atoms with Crippen LogP contribution in [0.3, 0.4) is 0 Å². The van der Waals surface area contributed by atoms with E-state index in [-0.39, 0.29) is 0 Å². The summed E-state index contributed by atoms with van der Waals surface area (Å²) in [6.45, 7) is 10.5. The molecular formula is C13H26ClO3PS. The minimum Gasteiger partial charge on any atom is -0.308 e. The molecule has 0 saturated carbocycles. The van der Waals surface area contributed by atoms with Crippen molar-refractivity contribution in [1.29, 1.82) is 0 Å². The molecule has 0 amide bonds. The van der Waals surface area contributed by atoms with E-state index in [1.807, 2.05) is 6.08 Å². The number of allylic oxidation sites excluding steroid dienone is 2. The fourth-order valence-electron chi connectivity index (χ4n) is 1.44. The van der Waals surface area contributed by atoms with Crippen LogP contribution in [0.25, 0.3) is 0 Å². The molecule has 1 unspecified atom stereocenters. The average molecular weight is 329 g/mol. The Hall–Kier alpha value is 0.530. The summed E-state index contributed by atoms with van der Waals surface area (Å²) in [6, 6.07) is 0. The highest BCUT2D eigenvalue weighted by molar-refractivity contribution is 8.04. The van der Waals surface area contributed by atoms with Gasteiger partial charge in [0.1, 0.15) is 0 Å². The molecule has 0 aliphatic carbocycles. The van der Waals surface area contributed by atoms with Gasteiger partial charge in [0, 0.05) is 10.2 Å². The van der Waals surface area contributed by atoms with Gasteiger partial charge in [-0.15, -0.1) is 23.4 Å². The monoisotopic (exact) mass is 328 g/mol. The van der Waals surface area contributed by atoms with Gasteiger partial charge in [-0.3, -0.25) is 4.57 Å². The maximum absolute atomic E-state index is 12.7. The van der Waals surface area contributed by atoms with Crippen LogP contribution in [0.15, 0.2) is 11.0 Å². The van der Waals surface area contributed by atoms with Gasteiger partial charge >= 0.3 is 7.60 Å². The number of halogens is 1. The number of hydrogen-bond donors (Lipinski definition) is 0. The van der Waals surface area contributed by atoms with E-state index in [0.29, 0.717) is 18.5 Å². The Kier molecular flexibility index (Phi) is 10.6. The highest BCUT2D eigenvalue weighted by Crippen LogP contribution is 2.59. The first-order chi connectivity index (χ1) is 8.91.